The highest BCUT2D eigenvalue weighted by atomic mass is 16.5. The number of nitrogens with one attached hydrogen (secondary N) is 1. The molecule has 2 aromatic rings. The normalized spacial score (nSPS) is 10.0. The smallest absolute Gasteiger partial charge is 0.340 e. The molecule has 0 aliphatic carbocycles. The molecule has 1 heterocycles. The zero-order chi connectivity index (χ0) is 15.8. The quantitative estimate of drug-likeness (QED) is 0.827. The highest BCUT2D eigenvalue weighted by molar-refractivity contribution is 5.90. The molecule has 0 radical (unpaired) electrons. The predicted octanol–water partition coefficient (Wildman–Crippen LogP) is 1.91. The number of ether oxygens (including phenoxy) is 1. The first kappa shape index (κ1) is 15.7. The number of nitrogens with zero attached hydrogens (tertiary/aromatic N) is 1. The van der Waals surface area contributed by atoms with Crippen molar-refractivity contribution in [3.8, 4) is 0 Å². The van der Waals surface area contributed by atoms with Gasteiger partial charge in [-0.05, 0) is 36.6 Å². The average Bonchev–Trinajstić information content (AvgIpc) is 2.55. The zero-order valence-corrected chi connectivity index (χ0v) is 12.4. The van der Waals surface area contributed by atoms with E-state index in [-0.39, 0.29) is 12.5 Å². The molecule has 114 valence electrons. The molecule has 2 rings (SSSR count). The maximum absolute atomic E-state index is 11.6. The van der Waals surface area contributed by atoms with E-state index in [0.29, 0.717) is 12.1 Å². The maximum Gasteiger partial charge on any atom is 0.340 e. The maximum atomic E-state index is 11.6. The summed E-state index contributed by atoms with van der Waals surface area (Å²) in [5.74, 6) is -0.868. The number of esters is 1. The highest BCUT2D eigenvalue weighted by Crippen LogP contribution is 2.06. The highest BCUT2D eigenvalue weighted by Gasteiger charge is 2.09. The first-order valence-electron chi connectivity index (χ1n) is 7.05. The van der Waals surface area contributed by atoms with Gasteiger partial charge in [-0.15, -0.1) is 0 Å². The molecule has 1 amide bonds. The van der Waals surface area contributed by atoms with Crippen LogP contribution in [0.4, 0.5) is 0 Å². The second-order valence-corrected chi connectivity index (χ2v) is 4.84. The number of aryl methyl sites for hydroxylation is 1. The number of aromatic nitrogens is 1. The lowest BCUT2D eigenvalue weighted by Gasteiger charge is -2.08. The van der Waals surface area contributed by atoms with Crippen molar-refractivity contribution in [3.63, 3.8) is 0 Å². The van der Waals surface area contributed by atoms with Crippen molar-refractivity contribution in [2.24, 2.45) is 0 Å². The van der Waals surface area contributed by atoms with E-state index in [1.54, 1.807) is 18.3 Å². The Kier molecular flexibility index (Phi) is 5.65. The Labute approximate surface area is 129 Å². The minimum Gasteiger partial charge on any atom is -0.452 e. The van der Waals surface area contributed by atoms with Crippen LogP contribution in [-0.4, -0.2) is 30.0 Å². The summed E-state index contributed by atoms with van der Waals surface area (Å²) in [5.41, 5.74) is 2.71. The van der Waals surface area contributed by atoms with Gasteiger partial charge in [-0.2, -0.15) is 0 Å². The second kappa shape index (κ2) is 7.93. The zero-order valence-electron chi connectivity index (χ0n) is 12.4. The van der Waals surface area contributed by atoms with Crippen molar-refractivity contribution in [1.29, 1.82) is 0 Å². The molecule has 1 aromatic carbocycles. The summed E-state index contributed by atoms with van der Waals surface area (Å²) >= 11 is 0. The van der Waals surface area contributed by atoms with E-state index in [4.69, 9.17) is 4.74 Å². The molecule has 1 aromatic heterocycles. The van der Waals surface area contributed by atoms with Crippen LogP contribution in [0, 0.1) is 6.92 Å². The van der Waals surface area contributed by atoms with Crippen molar-refractivity contribution in [1.82, 2.24) is 10.3 Å². The van der Waals surface area contributed by atoms with Gasteiger partial charge in [0.15, 0.2) is 6.61 Å². The van der Waals surface area contributed by atoms with Gasteiger partial charge in [-0.3, -0.25) is 9.78 Å². The number of pyridine rings is 1. The molecule has 0 bridgehead atoms. The monoisotopic (exact) mass is 298 g/mol. The molecule has 0 spiro atoms. The van der Waals surface area contributed by atoms with E-state index in [1.807, 2.05) is 31.2 Å². The van der Waals surface area contributed by atoms with Crippen LogP contribution in [0.1, 0.15) is 21.5 Å². The van der Waals surface area contributed by atoms with Crippen LogP contribution in [0.3, 0.4) is 0 Å². The SMILES string of the molecule is Cc1ccccc1CCNC(=O)COC(=O)c1cccnc1. The third-order valence-electron chi connectivity index (χ3n) is 3.21. The van der Waals surface area contributed by atoms with Gasteiger partial charge in [0.25, 0.3) is 5.91 Å². The fraction of sp³-hybridized carbons (Fsp3) is 0.235. The molecule has 0 saturated heterocycles. The fourth-order valence-corrected chi connectivity index (χ4v) is 1.98. The van der Waals surface area contributed by atoms with Crippen LogP contribution in [0.2, 0.25) is 0 Å². The van der Waals surface area contributed by atoms with E-state index < -0.39 is 5.97 Å². The number of amides is 1. The molecule has 0 fully saturated rings. The van der Waals surface area contributed by atoms with Crippen molar-refractivity contribution < 1.29 is 14.3 Å². The van der Waals surface area contributed by atoms with Gasteiger partial charge in [0.1, 0.15) is 0 Å². The van der Waals surface area contributed by atoms with Gasteiger partial charge >= 0.3 is 5.97 Å². The van der Waals surface area contributed by atoms with Crippen molar-refractivity contribution in [3.05, 3.63) is 65.5 Å². The molecule has 0 unspecified atom stereocenters. The van der Waals surface area contributed by atoms with Crippen LogP contribution in [0.5, 0.6) is 0 Å². The number of hydrogen-bond acceptors (Lipinski definition) is 4. The third-order valence-corrected chi connectivity index (χ3v) is 3.21. The Bertz CT molecular complexity index is 641. The van der Waals surface area contributed by atoms with Gasteiger partial charge < -0.3 is 10.1 Å². The van der Waals surface area contributed by atoms with E-state index in [0.717, 1.165) is 6.42 Å². The molecule has 22 heavy (non-hydrogen) atoms. The molecule has 5 heteroatoms. The second-order valence-electron chi connectivity index (χ2n) is 4.84. The molecular formula is C17H18N2O3. The summed E-state index contributed by atoms with van der Waals surface area (Å²) in [6, 6.07) is 11.2. The molecule has 0 saturated carbocycles. The third kappa shape index (κ3) is 4.70. The number of benzene rings is 1. The molecular weight excluding hydrogens is 280 g/mol. The summed E-state index contributed by atoms with van der Waals surface area (Å²) in [5, 5.41) is 2.73. The lowest BCUT2D eigenvalue weighted by atomic mass is 10.1. The Balaban J connectivity index is 1.70. The van der Waals surface area contributed by atoms with Crippen molar-refractivity contribution in [2.45, 2.75) is 13.3 Å². The Hall–Kier alpha value is -2.69. The molecule has 0 aliphatic rings. The van der Waals surface area contributed by atoms with E-state index >= 15 is 0 Å². The lowest BCUT2D eigenvalue weighted by molar-refractivity contribution is -0.124. The summed E-state index contributed by atoms with van der Waals surface area (Å²) in [4.78, 5) is 27.1. The minimum absolute atomic E-state index is 0.290. The Morgan fingerprint density at radius 2 is 2.00 bits per heavy atom. The largest absolute Gasteiger partial charge is 0.452 e. The lowest BCUT2D eigenvalue weighted by Crippen LogP contribution is -2.30. The van der Waals surface area contributed by atoms with E-state index in [9.17, 15) is 9.59 Å². The summed E-state index contributed by atoms with van der Waals surface area (Å²) in [7, 11) is 0. The molecule has 5 nitrogen and oxygen atoms in total. The van der Waals surface area contributed by atoms with Crippen LogP contribution in [0.25, 0.3) is 0 Å². The summed E-state index contributed by atoms with van der Waals surface area (Å²) < 4.78 is 4.93. The predicted molar refractivity (Wildman–Crippen MR) is 82.4 cm³/mol. The Morgan fingerprint density at radius 1 is 1.18 bits per heavy atom. The number of carbonyl (C=O) groups excluding carboxylic acids is 2. The van der Waals surface area contributed by atoms with Crippen molar-refractivity contribution in [2.75, 3.05) is 13.2 Å². The topological polar surface area (TPSA) is 68.3 Å². The van der Waals surface area contributed by atoms with Gasteiger partial charge in [-0.1, -0.05) is 24.3 Å². The number of carbonyl (C=O) groups is 2. The van der Waals surface area contributed by atoms with E-state index in [1.165, 1.54) is 17.3 Å². The Morgan fingerprint density at radius 3 is 2.73 bits per heavy atom. The van der Waals surface area contributed by atoms with E-state index in [2.05, 4.69) is 10.3 Å². The van der Waals surface area contributed by atoms with Crippen molar-refractivity contribution >= 4 is 11.9 Å². The number of hydrogen-bond donors (Lipinski definition) is 1. The first-order chi connectivity index (χ1) is 10.7. The summed E-state index contributed by atoms with van der Waals surface area (Å²) in [6.07, 6.45) is 3.71. The van der Waals surface area contributed by atoms with Gasteiger partial charge in [0, 0.05) is 18.9 Å². The fourth-order valence-electron chi connectivity index (χ4n) is 1.98. The minimum atomic E-state index is -0.554. The van der Waals surface area contributed by atoms with Crippen LogP contribution in [-0.2, 0) is 16.0 Å². The molecule has 1 N–H and O–H groups in total. The standard InChI is InChI=1S/C17H18N2O3/c1-13-5-2-3-6-14(13)8-10-19-16(20)12-22-17(21)15-7-4-9-18-11-15/h2-7,9,11H,8,10,12H2,1H3,(H,19,20). The molecule has 0 atom stereocenters. The van der Waals surface area contributed by atoms with Crippen LogP contribution < -0.4 is 5.32 Å². The number of rotatable bonds is 6. The van der Waals surface area contributed by atoms with Gasteiger partial charge in [-0.25, -0.2) is 4.79 Å². The van der Waals surface area contributed by atoms with Crippen LogP contribution in [0.15, 0.2) is 48.8 Å². The average molecular weight is 298 g/mol. The summed E-state index contributed by atoms with van der Waals surface area (Å²) in [6.45, 7) is 2.25. The van der Waals surface area contributed by atoms with Crippen LogP contribution >= 0.6 is 0 Å². The first-order valence-corrected chi connectivity index (χ1v) is 7.05. The van der Waals surface area contributed by atoms with Gasteiger partial charge in [0.2, 0.25) is 0 Å². The van der Waals surface area contributed by atoms with Gasteiger partial charge in [0.05, 0.1) is 5.56 Å². The molecule has 0 aliphatic heterocycles.